The summed E-state index contributed by atoms with van der Waals surface area (Å²) in [4.78, 5) is 6.07. The van der Waals surface area contributed by atoms with Gasteiger partial charge in [-0.15, -0.1) is 11.3 Å². The van der Waals surface area contributed by atoms with Gasteiger partial charge in [-0.1, -0.05) is 205 Å². The molecular weight excluding hydrogens is 1040 g/mol. The number of aromatic nitrogens is 2. The van der Waals surface area contributed by atoms with Crippen molar-refractivity contribution in [2.75, 3.05) is 16.3 Å². The quantitative estimate of drug-likeness (QED) is 0.175. The average Bonchev–Trinajstić information content (AvgIpc) is 1.92. The first-order valence-electron chi connectivity index (χ1n) is 29.1. The minimum atomic E-state index is -0.277. The zero-order valence-electron chi connectivity index (χ0n) is 47.7. The van der Waals surface area contributed by atoms with Crippen LogP contribution in [0, 0.1) is 28.1 Å². The first-order valence-corrected chi connectivity index (χ1v) is 30.0. The lowest BCUT2D eigenvalue weighted by atomic mass is 9.82. The molecule has 0 bridgehead atoms. The molecule has 8 heteroatoms. The van der Waals surface area contributed by atoms with Crippen LogP contribution in [0.5, 0.6) is 0 Å². The highest BCUT2D eigenvalue weighted by atomic mass is 32.1. The molecule has 13 aromatic rings. The summed E-state index contributed by atoms with van der Waals surface area (Å²) in [7, 11) is 0. The highest BCUT2D eigenvalue weighted by Gasteiger charge is 2.47. The SMILES string of the molecule is CC(C)(C)C1=C/Cc2ccc3c(oc4ccccc43)c2N(c2c(C#N)c(-n3c4ccccc4c4ccccc43)c(N3c4ccc(C(C)(C)C)cc4C4C=Cc5c(sc6ccccc56)C43)c(-n3c4ccccc4c4ccccc43)c2C#N)C/C=C\1. The van der Waals surface area contributed by atoms with Crippen molar-refractivity contribution in [3.8, 4) is 23.5 Å². The van der Waals surface area contributed by atoms with E-state index in [0.29, 0.717) is 46.7 Å². The van der Waals surface area contributed by atoms with Crippen molar-refractivity contribution in [2.24, 2.45) is 5.41 Å². The van der Waals surface area contributed by atoms with E-state index in [-0.39, 0.29) is 22.8 Å². The van der Waals surface area contributed by atoms with Gasteiger partial charge >= 0.3 is 0 Å². The van der Waals surface area contributed by atoms with E-state index in [2.05, 4.69) is 267 Å². The molecule has 2 aliphatic heterocycles. The molecule has 6 heterocycles. The maximum Gasteiger partial charge on any atom is 0.159 e. The first-order chi connectivity index (χ1) is 40.9. The van der Waals surface area contributed by atoms with Gasteiger partial charge in [-0.25, -0.2) is 0 Å². The number of fused-ring (bicyclic) bond motifs is 18. The highest BCUT2D eigenvalue weighted by Crippen LogP contribution is 2.63. The number of nitrogens with zero attached hydrogens (tertiary/aromatic N) is 6. The van der Waals surface area contributed by atoms with Crippen LogP contribution in [0.1, 0.15) is 91.8 Å². The van der Waals surface area contributed by atoms with E-state index in [1.165, 1.54) is 37.2 Å². The molecule has 404 valence electrons. The molecule has 1 aliphatic carbocycles. The molecule has 0 spiro atoms. The molecule has 0 saturated heterocycles. The molecule has 4 aromatic heterocycles. The van der Waals surface area contributed by atoms with Crippen molar-refractivity contribution in [1.29, 1.82) is 10.5 Å². The van der Waals surface area contributed by atoms with Gasteiger partial charge in [-0.2, -0.15) is 10.5 Å². The van der Waals surface area contributed by atoms with Crippen LogP contribution >= 0.6 is 11.3 Å². The smallest absolute Gasteiger partial charge is 0.159 e. The Bertz CT molecular complexity index is 4920. The largest absolute Gasteiger partial charge is 0.454 e. The topological polar surface area (TPSA) is 77.1 Å². The molecule has 0 amide bonds. The van der Waals surface area contributed by atoms with Gasteiger partial charge in [0.15, 0.2) is 5.58 Å². The molecule has 0 N–H and O–H groups in total. The van der Waals surface area contributed by atoms with Crippen molar-refractivity contribution in [3.05, 3.63) is 244 Å². The molecule has 84 heavy (non-hydrogen) atoms. The van der Waals surface area contributed by atoms with Gasteiger partial charge in [0.1, 0.15) is 28.8 Å². The second kappa shape index (κ2) is 18.3. The number of benzene rings is 9. The number of thiophene rings is 1. The van der Waals surface area contributed by atoms with Gasteiger partial charge in [0.05, 0.1) is 56.5 Å². The molecule has 2 unspecified atom stereocenters. The summed E-state index contributed by atoms with van der Waals surface area (Å²) in [5.74, 6) is -0.0865. The minimum absolute atomic E-state index is 0.0865. The summed E-state index contributed by atoms with van der Waals surface area (Å²) in [5.41, 5.74) is 16.2. The van der Waals surface area contributed by atoms with Crippen LogP contribution in [0.25, 0.3) is 93.1 Å². The summed E-state index contributed by atoms with van der Waals surface area (Å²) >= 11 is 1.85. The molecule has 9 aromatic carbocycles. The van der Waals surface area contributed by atoms with Gasteiger partial charge in [-0.05, 0) is 87.5 Å². The lowest BCUT2D eigenvalue weighted by Crippen LogP contribution is -2.28. The third-order valence-corrected chi connectivity index (χ3v) is 19.4. The lowest BCUT2D eigenvalue weighted by Gasteiger charge is -2.37. The number of anilines is 4. The van der Waals surface area contributed by atoms with E-state index in [1.54, 1.807) is 0 Å². The monoisotopic (exact) mass is 1100 g/mol. The summed E-state index contributed by atoms with van der Waals surface area (Å²) in [6, 6.07) is 68.6. The Hall–Kier alpha value is -9.86. The Balaban J connectivity index is 1.16. The Labute approximate surface area is 491 Å². The maximum absolute atomic E-state index is 13.0. The highest BCUT2D eigenvalue weighted by molar-refractivity contribution is 7.19. The predicted octanol–water partition coefficient (Wildman–Crippen LogP) is 20.3. The third-order valence-electron chi connectivity index (χ3n) is 18.1. The van der Waals surface area contributed by atoms with Crippen molar-refractivity contribution in [3.63, 3.8) is 0 Å². The first kappa shape index (κ1) is 49.9. The molecular formula is C76H58N6OS. The standard InChI is InChI=1S/C76H58N6OS/c1-75(2,3)46-20-19-41-79(67-45(33-35-46)34-37-55-52-25-11-17-31-65(52)83-73(55)67)68-58(43-77)69(80-60-27-13-7-21-48(60)49-22-8-14-28-61(49)80)72(70(59(68)44-78)81-62-29-15-9-23-50(62)51-24-10-16-30-63(51)81)82-64-40-36-47(76(4,5)6)42-57(64)54-38-39-56-53-26-12-18-32-66(53)84-74(56)71(54)82/h7-32,34-40,42,54,71H,33,41H2,1-6H3/b20-19-,46-35+. The van der Waals surface area contributed by atoms with E-state index in [0.717, 1.165) is 82.6 Å². The number of hydrogen-bond acceptors (Lipinski definition) is 6. The van der Waals surface area contributed by atoms with Crippen LogP contribution < -0.4 is 9.80 Å². The summed E-state index contributed by atoms with van der Waals surface area (Å²) in [5, 5.41) is 33.4. The summed E-state index contributed by atoms with van der Waals surface area (Å²) in [6.07, 6.45) is 12.2. The number of nitriles is 2. The normalized spacial score (nSPS) is 17.0. The van der Waals surface area contributed by atoms with Gasteiger partial charge in [0, 0.05) is 65.4 Å². The third kappa shape index (κ3) is 7.14. The Morgan fingerprint density at radius 1 is 0.536 bits per heavy atom. The molecule has 3 aliphatic rings. The van der Waals surface area contributed by atoms with Crippen LogP contribution in [0.2, 0.25) is 0 Å². The van der Waals surface area contributed by atoms with Crippen molar-refractivity contribution in [2.45, 2.75) is 65.3 Å². The number of hydrogen-bond donors (Lipinski definition) is 0. The van der Waals surface area contributed by atoms with E-state index in [1.807, 2.05) is 23.5 Å². The zero-order valence-corrected chi connectivity index (χ0v) is 48.5. The second-order valence-electron chi connectivity index (χ2n) is 24.9. The zero-order chi connectivity index (χ0) is 56.9. The van der Waals surface area contributed by atoms with Crippen LogP contribution in [0.15, 0.2) is 210 Å². The fourth-order valence-corrected chi connectivity index (χ4v) is 15.6. The number of para-hydroxylation sites is 5. The molecule has 0 radical (unpaired) electrons. The van der Waals surface area contributed by atoms with Gasteiger partial charge in [0.2, 0.25) is 0 Å². The predicted molar refractivity (Wildman–Crippen MR) is 349 cm³/mol. The average molecular weight is 1100 g/mol. The van der Waals surface area contributed by atoms with Crippen LogP contribution in [0.3, 0.4) is 0 Å². The summed E-state index contributed by atoms with van der Waals surface area (Å²) in [6.45, 7) is 14.0. The second-order valence-corrected chi connectivity index (χ2v) is 26.0. The fraction of sp³-hybridized carbons (Fsp3) is 0.158. The van der Waals surface area contributed by atoms with E-state index in [4.69, 9.17) is 4.42 Å². The molecule has 7 nitrogen and oxygen atoms in total. The van der Waals surface area contributed by atoms with Gasteiger partial charge < -0.3 is 23.4 Å². The van der Waals surface area contributed by atoms with Crippen LogP contribution in [-0.4, -0.2) is 15.7 Å². The Morgan fingerprint density at radius 2 is 1.10 bits per heavy atom. The lowest BCUT2D eigenvalue weighted by molar-refractivity contribution is 0.515. The van der Waals surface area contributed by atoms with E-state index < -0.39 is 0 Å². The van der Waals surface area contributed by atoms with E-state index in [9.17, 15) is 10.5 Å². The van der Waals surface area contributed by atoms with Crippen molar-refractivity contribution < 1.29 is 4.42 Å². The maximum atomic E-state index is 13.0. The molecule has 2 atom stereocenters. The molecule has 0 saturated carbocycles. The fourth-order valence-electron chi connectivity index (χ4n) is 14.3. The Morgan fingerprint density at radius 3 is 1.68 bits per heavy atom. The van der Waals surface area contributed by atoms with Gasteiger partial charge in [-0.3, -0.25) is 0 Å². The summed E-state index contributed by atoms with van der Waals surface area (Å²) < 4.78 is 13.1. The number of allylic oxidation sites excluding steroid dienone is 3. The van der Waals surface area contributed by atoms with Crippen LogP contribution in [-0.2, 0) is 11.8 Å². The molecule has 0 fully saturated rings. The number of rotatable bonds is 4. The number of furan rings is 1. The van der Waals surface area contributed by atoms with Gasteiger partial charge in [0.25, 0.3) is 0 Å². The Kier molecular flexibility index (Phi) is 10.9. The minimum Gasteiger partial charge on any atom is -0.454 e. The van der Waals surface area contributed by atoms with E-state index >= 15 is 0 Å². The van der Waals surface area contributed by atoms with Crippen molar-refractivity contribution >= 4 is 116 Å². The van der Waals surface area contributed by atoms with Crippen LogP contribution in [0.4, 0.5) is 22.7 Å². The van der Waals surface area contributed by atoms with Crippen molar-refractivity contribution in [1.82, 2.24) is 9.13 Å². The molecule has 16 rings (SSSR count).